The average Bonchev–Trinajstić information content (AvgIpc) is 2.93. The molecular weight excluding hydrogens is 405 g/mol. The summed E-state index contributed by atoms with van der Waals surface area (Å²) in [6.07, 6.45) is 3.74. The fourth-order valence-corrected chi connectivity index (χ4v) is 2.16. The van der Waals surface area contributed by atoms with Gasteiger partial charge in [-0.05, 0) is 12.5 Å². The third-order valence-corrected chi connectivity index (χ3v) is 3.20. The van der Waals surface area contributed by atoms with Crippen LogP contribution in [0, 0.1) is 0 Å². The molecule has 0 aliphatic heterocycles. The van der Waals surface area contributed by atoms with Gasteiger partial charge in [-0.3, -0.25) is 0 Å². The molecule has 0 saturated heterocycles. The first-order chi connectivity index (χ1) is 10.7. The first-order valence-corrected chi connectivity index (χ1v) is 7.28. The Bertz CT molecular complexity index is 600. The summed E-state index contributed by atoms with van der Waals surface area (Å²) in [4.78, 5) is 8.68. The quantitative estimate of drug-likeness (QED) is 0.401. The monoisotopic (exact) mass is 429 g/mol. The zero-order valence-electron chi connectivity index (χ0n) is 13.5. The van der Waals surface area contributed by atoms with Crippen molar-refractivity contribution in [1.29, 1.82) is 0 Å². The van der Waals surface area contributed by atoms with Crippen molar-refractivity contribution in [2.75, 3.05) is 13.7 Å². The van der Waals surface area contributed by atoms with Gasteiger partial charge in [-0.15, -0.1) is 24.0 Å². The van der Waals surface area contributed by atoms with Gasteiger partial charge in [-0.2, -0.15) is 0 Å². The number of nitrogens with two attached hydrogens (primary N) is 1. The van der Waals surface area contributed by atoms with Crippen LogP contribution in [0.4, 0.5) is 0 Å². The third kappa shape index (κ3) is 6.57. The molecule has 23 heavy (non-hydrogen) atoms. The number of nitrogens with zero attached hydrogens (tertiary/aromatic N) is 3. The molecule has 0 aliphatic rings. The normalized spacial score (nSPS) is 12.5. The second kappa shape index (κ2) is 10.2. The van der Waals surface area contributed by atoms with Crippen LogP contribution in [0.5, 0.6) is 0 Å². The first-order valence-electron chi connectivity index (χ1n) is 7.28. The van der Waals surface area contributed by atoms with Crippen LogP contribution in [0.2, 0.25) is 0 Å². The lowest BCUT2D eigenvalue weighted by Crippen LogP contribution is -2.40. The highest BCUT2D eigenvalue weighted by Gasteiger charge is 2.05. The average molecular weight is 429 g/mol. The predicted octanol–water partition coefficient (Wildman–Crippen LogP) is 1.99. The number of guanidine groups is 1. The molecule has 0 amide bonds. The highest BCUT2D eigenvalue weighted by molar-refractivity contribution is 14.0. The molecule has 7 heteroatoms. The number of methoxy groups -OCH3 is 1. The fraction of sp³-hybridized carbons (Fsp3) is 0.375. The number of halogens is 1. The number of aromatic nitrogens is 2. The van der Waals surface area contributed by atoms with E-state index < -0.39 is 0 Å². The molecular formula is C16H24IN5O. The standard InChI is InChI=1S/C16H23N5O.HI/c1-13(12-22-2)20-16(17)19-10-15-18-8-9-21(15)11-14-6-4-3-5-7-14;/h3-9,13H,10-12H2,1-2H3,(H3,17,19,20);1H. The van der Waals surface area contributed by atoms with Gasteiger partial charge in [0.1, 0.15) is 12.4 Å². The molecule has 0 spiro atoms. The zero-order valence-corrected chi connectivity index (χ0v) is 15.8. The van der Waals surface area contributed by atoms with E-state index in [2.05, 4.69) is 32.0 Å². The molecule has 0 radical (unpaired) electrons. The molecule has 0 bridgehead atoms. The molecule has 6 nitrogen and oxygen atoms in total. The summed E-state index contributed by atoms with van der Waals surface area (Å²) in [5, 5.41) is 3.08. The van der Waals surface area contributed by atoms with Crippen molar-refractivity contribution in [3.05, 3.63) is 54.1 Å². The lowest BCUT2D eigenvalue weighted by atomic mass is 10.2. The molecule has 3 N–H and O–H groups in total. The molecule has 2 rings (SSSR count). The molecule has 1 heterocycles. The Kier molecular flexibility index (Phi) is 8.64. The van der Waals surface area contributed by atoms with Crippen molar-refractivity contribution in [3.8, 4) is 0 Å². The number of rotatable bonds is 7. The Morgan fingerprint density at radius 1 is 1.39 bits per heavy atom. The van der Waals surface area contributed by atoms with Gasteiger partial charge in [0.25, 0.3) is 0 Å². The van der Waals surface area contributed by atoms with Crippen LogP contribution in [-0.4, -0.2) is 35.3 Å². The lowest BCUT2D eigenvalue weighted by molar-refractivity contribution is 0.179. The van der Waals surface area contributed by atoms with Gasteiger partial charge in [-0.1, -0.05) is 30.3 Å². The minimum Gasteiger partial charge on any atom is -0.383 e. The molecule has 1 unspecified atom stereocenters. The highest BCUT2D eigenvalue weighted by atomic mass is 127. The van der Waals surface area contributed by atoms with Gasteiger partial charge in [0, 0.05) is 32.1 Å². The van der Waals surface area contributed by atoms with Gasteiger partial charge in [0.2, 0.25) is 0 Å². The Labute approximate surface area is 154 Å². The molecule has 0 saturated carbocycles. The maximum absolute atomic E-state index is 5.87. The highest BCUT2D eigenvalue weighted by Crippen LogP contribution is 2.06. The summed E-state index contributed by atoms with van der Waals surface area (Å²) in [6, 6.07) is 10.4. The number of aliphatic imine (C=N–C) groups is 1. The summed E-state index contributed by atoms with van der Waals surface area (Å²) < 4.78 is 7.12. The Balaban J connectivity index is 0.00000264. The number of hydrogen-bond donors (Lipinski definition) is 2. The smallest absolute Gasteiger partial charge is 0.189 e. The van der Waals surface area contributed by atoms with Crippen molar-refractivity contribution in [3.63, 3.8) is 0 Å². The Morgan fingerprint density at radius 2 is 2.13 bits per heavy atom. The molecule has 0 aliphatic carbocycles. The van der Waals surface area contributed by atoms with E-state index in [4.69, 9.17) is 10.5 Å². The van der Waals surface area contributed by atoms with Gasteiger partial charge < -0.3 is 20.4 Å². The molecule has 2 aromatic rings. The molecule has 1 atom stereocenters. The predicted molar refractivity (Wildman–Crippen MR) is 103 cm³/mol. The van der Waals surface area contributed by atoms with Crippen LogP contribution < -0.4 is 11.1 Å². The Morgan fingerprint density at radius 3 is 2.83 bits per heavy atom. The van der Waals surface area contributed by atoms with E-state index in [0.717, 1.165) is 12.4 Å². The van der Waals surface area contributed by atoms with Crippen LogP contribution >= 0.6 is 24.0 Å². The van der Waals surface area contributed by atoms with E-state index in [1.807, 2.05) is 31.3 Å². The maximum atomic E-state index is 5.87. The van der Waals surface area contributed by atoms with Crippen molar-refractivity contribution < 1.29 is 4.74 Å². The van der Waals surface area contributed by atoms with E-state index in [-0.39, 0.29) is 30.0 Å². The number of ether oxygens (including phenoxy) is 1. The maximum Gasteiger partial charge on any atom is 0.189 e. The zero-order chi connectivity index (χ0) is 15.8. The van der Waals surface area contributed by atoms with E-state index in [0.29, 0.717) is 19.1 Å². The van der Waals surface area contributed by atoms with Gasteiger partial charge in [-0.25, -0.2) is 9.98 Å². The number of benzene rings is 1. The summed E-state index contributed by atoms with van der Waals surface area (Å²) in [5.41, 5.74) is 7.10. The van der Waals surface area contributed by atoms with Crippen molar-refractivity contribution in [2.45, 2.75) is 26.1 Å². The van der Waals surface area contributed by atoms with Crippen molar-refractivity contribution in [2.24, 2.45) is 10.7 Å². The second-order valence-corrected chi connectivity index (χ2v) is 5.16. The topological polar surface area (TPSA) is 77.5 Å². The second-order valence-electron chi connectivity index (χ2n) is 5.16. The van der Waals surface area contributed by atoms with Gasteiger partial charge in [0.05, 0.1) is 6.61 Å². The lowest BCUT2D eigenvalue weighted by Gasteiger charge is -2.13. The SMILES string of the molecule is COCC(C)NC(N)=NCc1nccn1Cc1ccccc1.I. The van der Waals surface area contributed by atoms with E-state index in [1.165, 1.54) is 5.56 Å². The number of imidazole rings is 1. The summed E-state index contributed by atoms with van der Waals surface area (Å²) in [6.45, 7) is 3.79. The van der Waals surface area contributed by atoms with Crippen LogP contribution in [0.25, 0.3) is 0 Å². The first kappa shape index (κ1) is 19.4. The van der Waals surface area contributed by atoms with Crippen LogP contribution in [0.3, 0.4) is 0 Å². The number of hydrogen-bond acceptors (Lipinski definition) is 3. The minimum absolute atomic E-state index is 0. The van der Waals surface area contributed by atoms with Crippen LogP contribution in [0.1, 0.15) is 18.3 Å². The van der Waals surface area contributed by atoms with E-state index in [1.54, 1.807) is 13.3 Å². The summed E-state index contributed by atoms with van der Waals surface area (Å²) in [5.74, 6) is 1.28. The fourth-order valence-electron chi connectivity index (χ4n) is 2.16. The van der Waals surface area contributed by atoms with E-state index >= 15 is 0 Å². The number of nitrogens with one attached hydrogen (secondary N) is 1. The Hall–Kier alpha value is -1.61. The van der Waals surface area contributed by atoms with Gasteiger partial charge in [0.15, 0.2) is 5.96 Å². The molecule has 126 valence electrons. The largest absolute Gasteiger partial charge is 0.383 e. The molecule has 1 aromatic heterocycles. The molecule has 0 fully saturated rings. The van der Waals surface area contributed by atoms with E-state index in [9.17, 15) is 0 Å². The third-order valence-electron chi connectivity index (χ3n) is 3.20. The van der Waals surface area contributed by atoms with Crippen LogP contribution in [-0.2, 0) is 17.8 Å². The summed E-state index contributed by atoms with van der Waals surface area (Å²) in [7, 11) is 1.66. The van der Waals surface area contributed by atoms with Crippen LogP contribution in [0.15, 0.2) is 47.7 Å². The van der Waals surface area contributed by atoms with Crippen molar-refractivity contribution in [1.82, 2.24) is 14.9 Å². The molecule has 1 aromatic carbocycles. The van der Waals surface area contributed by atoms with Crippen molar-refractivity contribution >= 4 is 29.9 Å². The minimum atomic E-state index is 0. The van der Waals surface area contributed by atoms with Gasteiger partial charge >= 0.3 is 0 Å². The summed E-state index contributed by atoms with van der Waals surface area (Å²) >= 11 is 0.